The van der Waals surface area contributed by atoms with E-state index in [0.717, 1.165) is 23.9 Å². The van der Waals surface area contributed by atoms with E-state index in [0.29, 0.717) is 0 Å². The van der Waals surface area contributed by atoms with Crippen LogP contribution in [0.5, 0.6) is 0 Å². The molecule has 0 aliphatic carbocycles. The van der Waals surface area contributed by atoms with E-state index >= 15 is 0 Å². The van der Waals surface area contributed by atoms with Crippen molar-refractivity contribution in [2.24, 2.45) is 0 Å². The highest BCUT2D eigenvalue weighted by Gasteiger charge is 2.29. The van der Waals surface area contributed by atoms with Gasteiger partial charge in [-0.05, 0) is 12.1 Å². The van der Waals surface area contributed by atoms with E-state index in [9.17, 15) is 18.4 Å². The highest BCUT2D eigenvalue weighted by Crippen LogP contribution is 2.24. The predicted octanol–water partition coefficient (Wildman–Crippen LogP) is 2.49. The van der Waals surface area contributed by atoms with Gasteiger partial charge in [0.05, 0.1) is 0 Å². The maximum Gasteiger partial charge on any atom is 0.279 e. The van der Waals surface area contributed by atoms with E-state index < -0.39 is 29.3 Å². The Morgan fingerprint density at radius 2 is 2.06 bits per heavy atom. The summed E-state index contributed by atoms with van der Waals surface area (Å²) in [5.41, 5.74) is -0.519. The highest BCUT2D eigenvalue weighted by atomic mass is 79.9. The molecule has 4 nitrogen and oxygen atoms in total. The van der Waals surface area contributed by atoms with Gasteiger partial charge in [0, 0.05) is 10.2 Å². The number of nitrogens with one attached hydrogen (secondary N) is 2. The number of rotatable bonds is 2. The minimum Gasteiger partial charge on any atom is -0.334 e. The number of hydrogen-bond acceptors (Lipinski definition) is 3. The van der Waals surface area contributed by atoms with Crippen LogP contribution in [0.2, 0.25) is 0 Å². The number of hydrogen-bond donors (Lipinski definition) is 2. The first kappa shape index (κ1) is 13.3. The minimum absolute atomic E-state index is 0.236. The van der Waals surface area contributed by atoms with Gasteiger partial charge in [-0.2, -0.15) is 0 Å². The van der Waals surface area contributed by atoms with Crippen LogP contribution in [0.1, 0.15) is 0 Å². The third-order valence-electron chi connectivity index (χ3n) is 2.24. The molecule has 2 N–H and O–H groups in total. The Hall–Kier alpha value is -1.15. The lowest BCUT2D eigenvalue weighted by Gasteiger charge is -2.11. The summed E-state index contributed by atoms with van der Waals surface area (Å²) >= 11 is 3.88. The Morgan fingerprint density at radius 3 is 2.56 bits per heavy atom. The van der Waals surface area contributed by atoms with E-state index in [2.05, 4.69) is 26.6 Å². The molecule has 1 aliphatic rings. The zero-order chi connectivity index (χ0) is 13.3. The first-order valence-electron chi connectivity index (χ1n) is 4.86. The molecule has 8 heteroatoms. The largest absolute Gasteiger partial charge is 0.334 e. The fraction of sp³-hybridized carbons (Fsp3) is 0.200. The molecular formula is C10H7BrF2N2O2S. The lowest BCUT2D eigenvalue weighted by Crippen LogP contribution is -2.39. The molecule has 0 radical (unpaired) electrons. The molecule has 1 saturated heterocycles. The van der Waals surface area contributed by atoms with Crippen molar-refractivity contribution in [2.75, 3.05) is 11.1 Å². The summed E-state index contributed by atoms with van der Waals surface area (Å²) in [5, 5.41) is 4.19. The van der Waals surface area contributed by atoms with Crippen molar-refractivity contribution in [2.45, 2.75) is 6.04 Å². The number of halogens is 3. The van der Waals surface area contributed by atoms with E-state index in [-0.39, 0.29) is 15.5 Å². The van der Waals surface area contributed by atoms with Gasteiger partial charge in [-0.15, -0.1) is 0 Å². The van der Waals surface area contributed by atoms with Gasteiger partial charge >= 0.3 is 0 Å². The Balaban J connectivity index is 2.14. The number of thioether (sulfide) groups is 1. The molecule has 0 bridgehead atoms. The van der Waals surface area contributed by atoms with Crippen molar-refractivity contribution in [1.82, 2.24) is 5.32 Å². The predicted molar refractivity (Wildman–Crippen MR) is 67.5 cm³/mol. The molecule has 1 fully saturated rings. The molecular weight excluding hydrogens is 330 g/mol. The molecule has 18 heavy (non-hydrogen) atoms. The molecule has 1 aliphatic heterocycles. The van der Waals surface area contributed by atoms with Crippen LogP contribution >= 0.6 is 27.7 Å². The standard InChI is InChI=1S/C10H7BrF2N2O2S/c11-4-1-5(12)8(6(13)2-4)15-9(16)7-3-18-10(17)14-7/h1-2,7H,3H2,(H,14,17)(H,15,16). The van der Waals surface area contributed by atoms with E-state index in [1.165, 1.54) is 0 Å². The van der Waals surface area contributed by atoms with Crippen molar-refractivity contribution >= 4 is 44.5 Å². The van der Waals surface area contributed by atoms with Gasteiger partial charge in [-0.25, -0.2) is 8.78 Å². The van der Waals surface area contributed by atoms with Gasteiger partial charge in [0.2, 0.25) is 5.91 Å². The fourth-order valence-electron chi connectivity index (χ4n) is 1.40. The average Bonchev–Trinajstić information content (AvgIpc) is 2.70. The zero-order valence-corrected chi connectivity index (χ0v) is 11.2. The fourth-order valence-corrected chi connectivity index (χ4v) is 2.58. The number of carbonyl (C=O) groups excluding carboxylic acids is 2. The molecule has 0 saturated carbocycles. The van der Waals surface area contributed by atoms with Crippen molar-refractivity contribution in [3.05, 3.63) is 28.2 Å². The molecule has 2 rings (SSSR count). The molecule has 0 spiro atoms. The molecule has 1 aromatic rings. The molecule has 1 aromatic carbocycles. The maximum absolute atomic E-state index is 13.5. The van der Waals surface area contributed by atoms with Gasteiger partial charge < -0.3 is 10.6 Å². The van der Waals surface area contributed by atoms with Crippen LogP contribution < -0.4 is 10.6 Å². The van der Waals surface area contributed by atoms with Crippen molar-refractivity contribution in [1.29, 1.82) is 0 Å². The molecule has 2 amide bonds. The average molecular weight is 337 g/mol. The molecule has 1 heterocycles. The number of benzene rings is 1. The molecule has 1 unspecified atom stereocenters. The van der Waals surface area contributed by atoms with Gasteiger partial charge in [0.1, 0.15) is 11.7 Å². The van der Waals surface area contributed by atoms with Crippen molar-refractivity contribution in [3.63, 3.8) is 0 Å². The summed E-state index contributed by atoms with van der Waals surface area (Å²) in [6, 6.07) is 1.31. The van der Waals surface area contributed by atoms with Crippen LogP contribution in [-0.4, -0.2) is 22.9 Å². The lowest BCUT2D eigenvalue weighted by molar-refractivity contribution is -0.117. The Bertz CT molecular complexity index is 504. The van der Waals surface area contributed by atoms with Crippen LogP contribution in [0, 0.1) is 11.6 Å². The summed E-state index contributed by atoms with van der Waals surface area (Å²) in [5.74, 6) is -2.17. The summed E-state index contributed by atoms with van der Waals surface area (Å²) in [4.78, 5) is 22.6. The van der Waals surface area contributed by atoms with Crippen molar-refractivity contribution in [3.8, 4) is 0 Å². The Labute approximate surface area is 114 Å². The number of amides is 2. The summed E-state index contributed by atoms with van der Waals surface area (Å²) in [6.45, 7) is 0. The highest BCUT2D eigenvalue weighted by molar-refractivity contribution is 9.10. The second-order valence-corrected chi connectivity index (χ2v) is 5.44. The zero-order valence-electron chi connectivity index (χ0n) is 8.80. The van der Waals surface area contributed by atoms with Gasteiger partial charge in [0.25, 0.3) is 5.24 Å². The van der Waals surface area contributed by atoms with Crippen molar-refractivity contribution < 1.29 is 18.4 Å². The van der Waals surface area contributed by atoms with E-state index in [4.69, 9.17) is 0 Å². The second-order valence-electron chi connectivity index (χ2n) is 3.53. The molecule has 96 valence electrons. The van der Waals surface area contributed by atoms with Gasteiger partial charge in [-0.3, -0.25) is 9.59 Å². The number of anilines is 1. The second kappa shape index (κ2) is 5.23. The topological polar surface area (TPSA) is 58.2 Å². The summed E-state index contributed by atoms with van der Waals surface area (Å²) in [6.07, 6.45) is 0. The SMILES string of the molecule is O=C1NC(C(=O)Nc2c(F)cc(Br)cc2F)CS1. The third-order valence-corrected chi connectivity index (χ3v) is 3.58. The smallest absolute Gasteiger partial charge is 0.279 e. The van der Waals surface area contributed by atoms with Gasteiger partial charge in [-0.1, -0.05) is 27.7 Å². The molecule has 0 aromatic heterocycles. The van der Waals surface area contributed by atoms with Crippen LogP contribution in [-0.2, 0) is 4.79 Å². The third kappa shape index (κ3) is 2.81. The first-order chi connectivity index (χ1) is 8.47. The maximum atomic E-state index is 13.5. The quantitative estimate of drug-likeness (QED) is 0.872. The summed E-state index contributed by atoms with van der Waals surface area (Å²) in [7, 11) is 0. The van der Waals surface area contributed by atoms with E-state index in [1.807, 2.05) is 0 Å². The normalized spacial score (nSPS) is 18.6. The van der Waals surface area contributed by atoms with Crippen LogP contribution in [0.25, 0.3) is 0 Å². The Morgan fingerprint density at radius 1 is 1.44 bits per heavy atom. The first-order valence-corrected chi connectivity index (χ1v) is 6.64. The van der Waals surface area contributed by atoms with E-state index in [1.54, 1.807) is 0 Å². The lowest BCUT2D eigenvalue weighted by atomic mass is 10.2. The molecule has 1 atom stereocenters. The minimum atomic E-state index is -0.882. The van der Waals surface area contributed by atoms with Gasteiger partial charge in [0.15, 0.2) is 11.6 Å². The van der Waals surface area contributed by atoms with Crippen LogP contribution in [0.3, 0.4) is 0 Å². The Kier molecular flexibility index (Phi) is 3.86. The monoisotopic (exact) mass is 336 g/mol. The number of carbonyl (C=O) groups is 2. The summed E-state index contributed by atoms with van der Waals surface area (Å²) < 4.78 is 27.2. The van der Waals surface area contributed by atoms with Crippen LogP contribution in [0.4, 0.5) is 19.3 Å². The van der Waals surface area contributed by atoms with Crippen LogP contribution in [0.15, 0.2) is 16.6 Å².